The molecule has 11 nitrogen and oxygen atoms in total. The smallest absolute Gasteiger partial charge is 0.261 e. The second-order valence-corrected chi connectivity index (χ2v) is 16.3. The van der Waals surface area contributed by atoms with Crippen LogP contribution in [0.4, 0.5) is 5.69 Å². The number of fused-ring (bicyclic) bond motifs is 1. The molecule has 2 N–H and O–H groups in total. The van der Waals surface area contributed by atoms with Crippen molar-refractivity contribution in [3.8, 4) is 5.75 Å². The van der Waals surface area contributed by atoms with Crippen LogP contribution in [0.5, 0.6) is 5.75 Å². The summed E-state index contributed by atoms with van der Waals surface area (Å²) >= 11 is 0. The predicted molar refractivity (Wildman–Crippen MR) is 185 cm³/mol. The summed E-state index contributed by atoms with van der Waals surface area (Å²) in [5.41, 5.74) is 1.26. The number of likely N-dealkylation sites (N-methyl/N-ethyl adjacent to an activating group) is 1. The minimum atomic E-state index is -3.94. The third-order valence-corrected chi connectivity index (χ3v) is 11.8. The molecule has 1 amide bonds. The fourth-order valence-electron chi connectivity index (χ4n) is 5.50. The van der Waals surface area contributed by atoms with E-state index in [1.165, 1.54) is 34.5 Å². The van der Waals surface area contributed by atoms with Gasteiger partial charge in [-0.1, -0.05) is 42.8 Å². The van der Waals surface area contributed by atoms with Crippen molar-refractivity contribution in [2.45, 2.75) is 75.0 Å². The molecule has 0 fully saturated rings. The normalized spacial score (nSPS) is 20.8. The first-order chi connectivity index (χ1) is 22.7. The van der Waals surface area contributed by atoms with Gasteiger partial charge in [0.1, 0.15) is 5.75 Å². The zero-order valence-electron chi connectivity index (χ0n) is 28.2. The summed E-state index contributed by atoms with van der Waals surface area (Å²) in [5, 5.41) is 10.2. The van der Waals surface area contributed by atoms with Crippen LogP contribution >= 0.6 is 0 Å². The summed E-state index contributed by atoms with van der Waals surface area (Å²) in [6.07, 6.45) is 1.31. The fourth-order valence-corrected chi connectivity index (χ4v) is 7.76. The minimum absolute atomic E-state index is 0.0500. The summed E-state index contributed by atoms with van der Waals surface area (Å²) in [6, 6.07) is 18.6. The molecule has 0 aromatic heterocycles. The number of nitrogens with zero attached hydrogens (tertiary/aromatic N) is 2. The first-order valence-corrected chi connectivity index (χ1v) is 19.1. The third-order valence-electron chi connectivity index (χ3n) is 8.52. The number of carbonyl (C=O) groups is 1. The Bertz CT molecular complexity index is 1740. The zero-order valence-corrected chi connectivity index (χ0v) is 29.8. The Balaban J connectivity index is 1.67. The van der Waals surface area contributed by atoms with Crippen LogP contribution in [0, 0.1) is 12.8 Å². The third kappa shape index (κ3) is 9.35. The summed E-state index contributed by atoms with van der Waals surface area (Å²) < 4.78 is 69.5. The Morgan fingerprint density at radius 1 is 0.979 bits per heavy atom. The van der Waals surface area contributed by atoms with Crippen molar-refractivity contribution >= 4 is 31.6 Å². The molecular weight excluding hydrogens is 655 g/mol. The number of aliphatic hydroxyl groups is 1. The van der Waals surface area contributed by atoms with Gasteiger partial charge in [0, 0.05) is 38.3 Å². The van der Waals surface area contributed by atoms with Crippen LogP contribution in [-0.4, -0.2) is 88.7 Å². The number of amides is 1. The van der Waals surface area contributed by atoms with Crippen molar-refractivity contribution in [2.24, 2.45) is 5.92 Å². The average molecular weight is 702 g/mol. The number of nitrogens with one attached hydrogen (secondary N) is 1. The second kappa shape index (κ2) is 16.3. The van der Waals surface area contributed by atoms with Crippen LogP contribution in [0.25, 0.3) is 0 Å². The molecule has 262 valence electrons. The number of hydrogen-bond donors (Lipinski definition) is 2. The van der Waals surface area contributed by atoms with E-state index in [1.807, 2.05) is 20.8 Å². The van der Waals surface area contributed by atoms with Crippen LogP contribution in [0.3, 0.4) is 0 Å². The lowest BCUT2D eigenvalue weighted by atomic mass is 10.0. The van der Waals surface area contributed by atoms with Gasteiger partial charge in [-0.25, -0.2) is 16.8 Å². The highest BCUT2D eigenvalue weighted by atomic mass is 32.2. The Kier molecular flexibility index (Phi) is 12.7. The van der Waals surface area contributed by atoms with Crippen molar-refractivity contribution in [3.05, 3.63) is 83.9 Å². The number of aliphatic hydroxyl groups excluding tert-OH is 1. The van der Waals surface area contributed by atoms with Crippen LogP contribution in [0.15, 0.2) is 82.6 Å². The lowest BCUT2D eigenvalue weighted by Gasteiger charge is -2.35. The molecule has 0 saturated heterocycles. The molecule has 0 spiro atoms. The quantitative estimate of drug-likeness (QED) is 0.321. The van der Waals surface area contributed by atoms with Crippen molar-refractivity contribution < 1.29 is 36.2 Å². The van der Waals surface area contributed by atoms with Gasteiger partial charge in [-0.15, -0.1) is 0 Å². The van der Waals surface area contributed by atoms with Crippen LogP contribution in [0.1, 0.15) is 56.0 Å². The van der Waals surface area contributed by atoms with Gasteiger partial charge in [-0.3, -0.25) is 9.52 Å². The molecule has 1 aliphatic rings. The summed E-state index contributed by atoms with van der Waals surface area (Å²) in [7, 11) is -6.23. The molecular formula is C35H47N3O8S2. The molecule has 0 aliphatic carbocycles. The van der Waals surface area contributed by atoms with Gasteiger partial charge < -0.3 is 19.5 Å². The number of benzene rings is 3. The molecule has 1 aliphatic heterocycles. The average Bonchev–Trinajstić information content (AvgIpc) is 3.06. The number of carbonyl (C=O) groups excluding carboxylic acids is 1. The van der Waals surface area contributed by atoms with Gasteiger partial charge in [0.05, 0.1) is 40.2 Å². The highest BCUT2D eigenvalue weighted by Crippen LogP contribution is 2.30. The zero-order chi connectivity index (χ0) is 35.1. The highest BCUT2D eigenvalue weighted by molar-refractivity contribution is 7.92. The van der Waals surface area contributed by atoms with E-state index < -0.39 is 38.1 Å². The van der Waals surface area contributed by atoms with Gasteiger partial charge >= 0.3 is 0 Å². The molecule has 0 unspecified atom stereocenters. The number of anilines is 1. The largest absolute Gasteiger partial charge is 0.490 e. The van der Waals surface area contributed by atoms with E-state index in [2.05, 4.69) is 4.72 Å². The maximum atomic E-state index is 14.4. The predicted octanol–water partition coefficient (Wildman–Crippen LogP) is 4.91. The van der Waals surface area contributed by atoms with Crippen molar-refractivity contribution in [3.63, 3.8) is 0 Å². The van der Waals surface area contributed by atoms with Gasteiger partial charge in [0.2, 0.25) is 10.0 Å². The summed E-state index contributed by atoms with van der Waals surface area (Å²) in [5.74, 6) is -0.529. The number of rotatable bonds is 9. The SMILES string of the molecule is Cc1ccc(S(=O)(=O)N(C)C[C@@H]2OCCCC[C@H](C)Oc3ccc(NS(=O)(=O)c4ccccc4)cc3C(=O)N([C@H](C)CO)C[C@H]2C)cc1. The monoisotopic (exact) mass is 701 g/mol. The molecule has 4 atom stereocenters. The molecule has 4 rings (SSSR count). The van der Waals surface area contributed by atoms with Crippen molar-refractivity contribution in [2.75, 3.05) is 38.1 Å². The van der Waals surface area contributed by atoms with Gasteiger partial charge in [0.15, 0.2) is 0 Å². The van der Waals surface area contributed by atoms with Crippen LogP contribution in [-0.2, 0) is 24.8 Å². The molecule has 3 aromatic carbocycles. The number of ether oxygens (including phenoxy) is 2. The molecule has 13 heteroatoms. The molecule has 3 aromatic rings. The van der Waals surface area contributed by atoms with Crippen molar-refractivity contribution in [1.29, 1.82) is 0 Å². The number of sulfonamides is 2. The Morgan fingerprint density at radius 2 is 1.67 bits per heavy atom. The van der Waals surface area contributed by atoms with Crippen molar-refractivity contribution in [1.82, 2.24) is 9.21 Å². The molecule has 0 saturated carbocycles. The van der Waals surface area contributed by atoms with Crippen LogP contribution < -0.4 is 9.46 Å². The second-order valence-electron chi connectivity index (χ2n) is 12.5. The Morgan fingerprint density at radius 3 is 2.33 bits per heavy atom. The first-order valence-electron chi connectivity index (χ1n) is 16.2. The summed E-state index contributed by atoms with van der Waals surface area (Å²) in [6.45, 7) is 7.62. The Hall–Kier alpha value is -3.49. The fraction of sp³-hybridized carbons (Fsp3) is 0.457. The van der Waals surface area contributed by atoms with Crippen LogP contribution in [0.2, 0.25) is 0 Å². The van der Waals surface area contributed by atoms with E-state index >= 15 is 0 Å². The van der Waals surface area contributed by atoms with E-state index in [0.29, 0.717) is 25.2 Å². The molecule has 0 radical (unpaired) electrons. The number of aryl methyl sites for hydroxylation is 1. The van der Waals surface area contributed by atoms with E-state index in [0.717, 1.165) is 12.0 Å². The molecule has 1 heterocycles. The highest BCUT2D eigenvalue weighted by Gasteiger charge is 2.32. The molecule has 0 bridgehead atoms. The lowest BCUT2D eigenvalue weighted by Crippen LogP contribution is -2.48. The maximum absolute atomic E-state index is 14.4. The van der Waals surface area contributed by atoms with E-state index in [9.17, 15) is 26.7 Å². The van der Waals surface area contributed by atoms with Gasteiger partial charge in [-0.05, 0) is 82.5 Å². The van der Waals surface area contributed by atoms with E-state index in [-0.39, 0.29) is 52.8 Å². The molecule has 48 heavy (non-hydrogen) atoms. The topological polar surface area (TPSA) is 143 Å². The minimum Gasteiger partial charge on any atom is -0.490 e. The van der Waals surface area contributed by atoms with E-state index in [1.54, 1.807) is 61.5 Å². The maximum Gasteiger partial charge on any atom is 0.261 e. The van der Waals surface area contributed by atoms with Gasteiger partial charge in [0.25, 0.3) is 15.9 Å². The van der Waals surface area contributed by atoms with Gasteiger partial charge in [-0.2, -0.15) is 4.31 Å². The lowest BCUT2D eigenvalue weighted by molar-refractivity contribution is -0.00833. The standard InChI is InChI=1S/C35H47N3O8S2/c1-25-14-17-31(18-15-25)48(43,44)37(5)23-34-26(2)22-38(27(3)24-39)35(40)32-21-29(36-47(41,42)30-12-7-6-8-13-30)16-19-33(32)46-28(4)11-9-10-20-45-34/h6-8,12-19,21,26-28,34,36,39H,9-11,20,22-24H2,1-5H3/t26-,27-,28+,34+/m1/s1. The number of hydrogen-bond acceptors (Lipinski definition) is 8. The Labute approximate surface area is 285 Å². The summed E-state index contributed by atoms with van der Waals surface area (Å²) in [4.78, 5) is 16.1. The van der Waals surface area contributed by atoms with E-state index in [4.69, 9.17) is 9.47 Å². The first kappa shape index (κ1) is 37.3.